The van der Waals surface area contributed by atoms with E-state index >= 15 is 0 Å². The summed E-state index contributed by atoms with van der Waals surface area (Å²) in [5.74, 6) is 0.921. The van der Waals surface area contributed by atoms with Gasteiger partial charge in [0, 0.05) is 29.9 Å². The zero-order valence-corrected chi connectivity index (χ0v) is 33.0. The first-order valence-corrected chi connectivity index (χ1v) is 20.0. The Kier molecular flexibility index (Phi) is 10.5. The zero-order valence-electron chi connectivity index (χ0n) is 32.3. The molecule has 0 radical (unpaired) electrons. The number of Topliss-reactive ketones (excluding diaryl/α,β-unsaturated/α-hetero) is 1. The van der Waals surface area contributed by atoms with E-state index in [1.54, 1.807) is 13.8 Å². The van der Waals surface area contributed by atoms with E-state index in [0.717, 1.165) is 67.5 Å². The van der Waals surface area contributed by atoms with Gasteiger partial charge in [0.15, 0.2) is 5.78 Å². The lowest BCUT2D eigenvalue weighted by atomic mass is 9.38. The van der Waals surface area contributed by atoms with Crippen molar-refractivity contribution in [3.05, 3.63) is 46.0 Å². The van der Waals surface area contributed by atoms with Gasteiger partial charge in [-0.1, -0.05) is 70.0 Å². The minimum Gasteiger partial charge on any atom is -0.481 e. The number of carboxylic acids is 1. The SMILES string of the molecule is CC(C)C1=C2C3CCC4C(C)(CCC5C(C)C(OC(=O)CC(C)(C)C(=O)O)CCC54C)C3CCC2(C(O)CN(C)Cc2ccccc2Cl)CC1=O. The Bertz CT molecular complexity index is 1570. The number of carbonyl (C=O) groups excluding carboxylic acids is 2. The van der Waals surface area contributed by atoms with Crippen molar-refractivity contribution in [3.8, 4) is 0 Å². The van der Waals surface area contributed by atoms with Crippen LogP contribution < -0.4 is 0 Å². The number of esters is 1. The highest BCUT2D eigenvalue weighted by atomic mass is 35.5. The number of aliphatic carboxylic acids is 1. The smallest absolute Gasteiger partial charge is 0.309 e. The van der Waals surface area contributed by atoms with Crippen LogP contribution in [0.4, 0.5) is 0 Å². The lowest BCUT2D eigenvalue weighted by Gasteiger charge is -2.67. The Balaban J connectivity index is 1.22. The van der Waals surface area contributed by atoms with Crippen molar-refractivity contribution < 1.29 is 29.3 Å². The minimum atomic E-state index is -1.15. The van der Waals surface area contributed by atoms with Crippen LogP contribution in [0.3, 0.4) is 0 Å². The molecule has 0 bridgehead atoms. The average molecular weight is 724 g/mol. The second kappa shape index (κ2) is 13.9. The summed E-state index contributed by atoms with van der Waals surface area (Å²) in [6.45, 7) is 15.9. The number of rotatable bonds is 10. The van der Waals surface area contributed by atoms with Crippen LogP contribution in [-0.4, -0.2) is 58.6 Å². The van der Waals surface area contributed by atoms with Gasteiger partial charge in [-0.25, -0.2) is 0 Å². The molecule has 4 saturated carbocycles. The van der Waals surface area contributed by atoms with Gasteiger partial charge >= 0.3 is 11.9 Å². The van der Waals surface area contributed by atoms with Crippen LogP contribution in [0.2, 0.25) is 5.02 Å². The zero-order chi connectivity index (χ0) is 37.3. The van der Waals surface area contributed by atoms with Gasteiger partial charge in [-0.3, -0.25) is 19.3 Å². The molecule has 0 heterocycles. The van der Waals surface area contributed by atoms with E-state index in [9.17, 15) is 24.6 Å². The molecule has 282 valence electrons. The van der Waals surface area contributed by atoms with Crippen LogP contribution in [0.15, 0.2) is 35.4 Å². The molecule has 7 nitrogen and oxygen atoms in total. The molecule has 0 saturated heterocycles. The van der Waals surface area contributed by atoms with E-state index in [4.69, 9.17) is 16.3 Å². The molecule has 5 aliphatic carbocycles. The number of allylic oxidation sites excluding steroid dienone is 1. The van der Waals surface area contributed by atoms with Crippen LogP contribution in [0, 0.1) is 57.2 Å². The van der Waals surface area contributed by atoms with Crippen LogP contribution >= 0.6 is 11.6 Å². The Labute approximate surface area is 310 Å². The molecule has 0 aliphatic heterocycles. The second-order valence-electron chi connectivity index (χ2n) is 18.9. The van der Waals surface area contributed by atoms with Crippen molar-refractivity contribution in [1.29, 1.82) is 0 Å². The molecule has 10 atom stereocenters. The molecule has 1 aromatic rings. The highest BCUT2D eigenvalue weighted by Gasteiger charge is 2.66. The summed E-state index contributed by atoms with van der Waals surface area (Å²) in [6.07, 6.45) is 7.50. The number of ether oxygens (including phenoxy) is 1. The molecule has 8 heteroatoms. The van der Waals surface area contributed by atoms with Crippen molar-refractivity contribution in [1.82, 2.24) is 4.90 Å². The standard InChI is InChI=1S/C43H62ClNO6/c1-25(2)37-32(46)21-43(35(47)24-45(8)23-27-11-9-10-12-31(27)44)20-16-30-28(38(37)43)13-14-34-41(6)19-17-33(26(3)29(41)15-18-42(30,34)7)51-36(48)22-40(4,5)39(49)50/h9-12,25-26,28-30,33-35,47H,13-24H2,1-8H3,(H,49,50). The molecule has 6 rings (SSSR count). The Morgan fingerprint density at radius 1 is 1.02 bits per heavy atom. The monoisotopic (exact) mass is 723 g/mol. The van der Waals surface area contributed by atoms with Crippen molar-refractivity contribution in [2.75, 3.05) is 13.6 Å². The summed E-state index contributed by atoms with van der Waals surface area (Å²) in [7, 11) is 2.04. The third-order valence-electron chi connectivity index (χ3n) is 15.1. The number of benzene rings is 1. The molecule has 2 N–H and O–H groups in total. The summed E-state index contributed by atoms with van der Waals surface area (Å²) >= 11 is 6.50. The number of nitrogens with zero attached hydrogens (tertiary/aromatic N) is 1. The lowest BCUT2D eigenvalue weighted by Crippen LogP contribution is -2.61. The highest BCUT2D eigenvalue weighted by Crippen LogP contribution is 2.72. The van der Waals surface area contributed by atoms with Gasteiger partial charge in [-0.15, -0.1) is 0 Å². The number of halogens is 1. The topological polar surface area (TPSA) is 104 Å². The number of carbonyl (C=O) groups is 3. The fourth-order valence-electron chi connectivity index (χ4n) is 12.6. The van der Waals surface area contributed by atoms with E-state index < -0.39 is 28.9 Å². The number of likely N-dealkylation sites (N-methyl/N-ethyl adjacent to an activating group) is 1. The Morgan fingerprint density at radius 3 is 2.33 bits per heavy atom. The molecule has 51 heavy (non-hydrogen) atoms. The number of aliphatic hydroxyl groups is 1. The molecular formula is C43H62ClNO6. The van der Waals surface area contributed by atoms with Crippen LogP contribution in [-0.2, 0) is 25.7 Å². The van der Waals surface area contributed by atoms with Gasteiger partial charge in [-0.2, -0.15) is 0 Å². The van der Waals surface area contributed by atoms with Crippen molar-refractivity contribution in [3.63, 3.8) is 0 Å². The normalized spacial score (nSPS) is 37.1. The molecule has 0 aromatic heterocycles. The second-order valence-corrected chi connectivity index (χ2v) is 19.3. The van der Waals surface area contributed by atoms with E-state index in [0.29, 0.717) is 43.2 Å². The Morgan fingerprint density at radius 2 is 1.67 bits per heavy atom. The van der Waals surface area contributed by atoms with Gasteiger partial charge in [0.05, 0.1) is 17.9 Å². The molecule has 0 amide bonds. The van der Waals surface area contributed by atoms with Gasteiger partial charge < -0.3 is 14.9 Å². The van der Waals surface area contributed by atoms with Crippen LogP contribution in [0.1, 0.15) is 118 Å². The first kappa shape index (κ1) is 38.5. The maximum absolute atomic E-state index is 14.0. The molecule has 5 aliphatic rings. The summed E-state index contributed by atoms with van der Waals surface area (Å²) in [5, 5.41) is 22.5. The number of aliphatic hydroxyl groups excluding tert-OH is 1. The quantitative estimate of drug-likeness (QED) is 0.233. The Hall–Kier alpha value is -2.22. The number of hydrogen-bond donors (Lipinski definition) is 2. The first-order valence-electron chi connectivity index (χ1n) is 19.7. The summed E-state index contributed by atoms with van der Waals surface area (Å²) in [4.78, 5) is 40.7. The summed E-state index contributed by atoms with van der Waals surface area (Å²) in [5.41, 5.74) is 1.93. The third-order valence-corrected chi connectivity index (χ3v) is 15.5. The van der Waals surface area contributed by atoms with Gasteiger partial charge in [0.2, 0.25) is 0 Å². The summed E-state index contributed by atoms with van der Waals surface area (Å²) in [6, 6.07) is 7.87. The van der Waals surface area contributed by atoms with Crippen LogP contribution in [0.5, 0.6) is 0 Å². The van der Waals surface area contributed by atoms with Crippen LogP contribution in [0.25, 0.3) is 0 Å². The van der Waals surface area contributed by atoms with E-state index in [1.165, 1.54) is 5.57 Å². The predicted octanol–water partition coefficient (Wildman–Crippen LogP) is 8.75. The number of fused-ring (bicyclic) bond motifs is 7. The first-order chi connectivity index (χ1) is 23.9. The number of ketones is 1. The minimum absolute atomic E-state index is 0.122. The predicted molar refractivity (Wildman–Crippen MR) is 200 cm³/mol. The number of hydrogen-bond acceptors (Lipinski definition) is 6. The van der Waals surface area contributed by atoms with E-state index in [-0.39, 0.29) is 41.0 Å². The maximum Gasteiger partial charge on any atom is 0.309 e. The van der Waals surface area contributed by atoms with Gasteiger partial charge in [0.25, 0.3) is 0 Å². The molecule has 0 spiro atoms. The largest absolute Gasteiger partial charge is 0.481 e. The summed E-state index contributed by atoms with van der Waals surface area (Å²) < 4.78 is 6.05. The van der Waals surface area contributed by atoms with Gasteiger partial charge in [-0.05, 0) is 136 Å². The van der Waals surface area contributed by atoms with Gasteiger partial charge in [0.1, 0.15) is 6.10 Å². The molecule has 1 aromatic carbocycles. The third kappa shape index (κ3) is 6.54. The molecule has 10 unspecified atom stereocenters. The fraction of sp³-hybridized carbons (Fsp3) is 0.744. The number of carboxylic acid groups (broad SMARTS) is 1. The van der Waals surface area contributed by atoms with Crippen molar-refractivity contribution >= 4 is 29.3 Å². The average Bonchev–Trinajstić information content (AvgIpc) is 3.36. The maximum atomic E-state index is 14.0. The lowest BCUT2D eigenvalue weighted by molar-refractivity contribution is -0.193. The highest BCUT2D eigenvalue weighted by molar-refractivity contribution is 6.31. The van der Waals surface area contributed by atoms with Crippen molar-refractivity contribution in [2.24, 2.45) is 57.2 Å². The molecule has 4 fully saturated rings. The van der Waals surface area contributed by atoms with E-state index in [1.807, 2.05) is 31.3 Å². The van der Waals surface area contributed by atoms with E-state index in [2.05, 4.69) is 39.5 Å². The molecular weight excluding hydrogens is 662 g/mol. The van der Waals surface area contributed by atoms with Crippen molar-refractivity contribution in [2.45, 2.75) is 131 Å². The fourth-order valence-corrected chi connectivity index (χ4v) is 12.8.